The van der Waals surface area contributed by atoms with E-state index in [0.29, 0.717) is 12.6 Å². The van der Waals surface area contributed by atoms with Crippen LogP contribution in [0, 0.1) is 13.8 Å². The molecule has 27 heavy (non-hydrogen) atoms. The van der Waals surface area contributed by atoms with Crippen molar-refractivity contribution in [2.24, 2.45) is 0 Å². The van der Waals surface area contributed by atoms with Crippen LogP contribution >= 0.6 is 11.3 Å². The second-order valence-electron chi connectivity index (χ2n) is 6.60. The van der Waals surface area contributed by atoms with Gasteiger partial charge in [0, 0.05) is 34.7 Å². The minimum atomic E-state index is 0.309. The van der Waals surface area contributed by atoms with E-state index in [0.717, 1.165) is 23.6 Å². The molecule has 0 aliphatic heterocycles. The Balaban J connectivity index is 1.62. The Kier molecular flexibility index (Phi) is 6.48. The van der Waals surface area contributed by atoms with Gasteiger partial charge in [0.1, 0.15) is 6.61 Å². The van der Waals surface area contributed by atoms with Crippen molar-refractivity contribution in [3.05, 3.63) is 75.2 Å². The number of rotatable bonds is 8. The number of nitrogens with zero attached hydrogens (tertiary/aromatic N) is 1. The van der Waals surface area contributed by atoms with E-state index in [1.54, 1.807) is 19.5 Å². The summed E-state index contributed by atoms with van der Waals surface area (Å²) in [5.74, 6) is 1.49. The molecule has 3 aromatic rings. The SMILES string of the molecule is COc1cc(CNC(C)c2cc(C)sc2C)ccc1OCc1ccncc1. The zero-order valence-electron chi connectivity index (χ0n) is 16.3. The lowest BCUT2D eigenvalue weighted by Crippen LogP contribution is -2.18. The molecule has 1 N–H and O–H groups in total. The molecule has 2 heterocycles. The summed E-state index contributed by atoms with van der Waals surface area (Å²) >= 11 is 1.85. The molecule has 0 fully saturated rings. The normalized spacial score (nSPS) is 12.0. The summed E-state index contributed by atoms with van der Waals surface area (Å²) in [5.41, 5.74) is 3.62. The molecule has 3 rings (SSSR count). The van der Waals surface area contributed by atoms with Gasteiger partial charge < -0.3 is 14.8 Å². The maximum Gasteiger partial charge on any atom is 0.161 e. The first-order valence-electron chi connectivity index (χ1n) is 9.05. The number of aryl methyl sites for hydroxylation is 2. The van der Waals surface area contributed by atoms with Crippen molar-refractivity contribution in [3.8, 4) is 11.5 Å². The molecule has 4 nitrogen and oxygen atoms in total. The van der Waals surface area contributed by atoms with Crippen molar-refractivity contribution in [1.29, 1.82) is 0 Å². The smallest absolute Gasteiger partial charge is 0.161 e. The fourth-order valence-corrected chi connectivity index (χ4v) is 4.06. The molecule has 2 aromatic heterocycles. The Hall–Kier alpha value is -2.37. The summed E-state index contributed by atoms with van der Waals surface area (Å²) in [5, 5.41) is 3.60. The largest absolute Gasteiger partial charge is 0.493 e. The zero-order valence-corrected chi connectivity index (χ0v) is 17.1. The van der Waals surface area contributed by atoms with Crippen LogP contribution in [0.25, 0.3) is 0 Å². The number of pyridine rings is 1. The Morgan fingerprint density at radius 1 is 1.04 bits per heavy atom. The summed E-state index contributed by atoms with van der Waals surface area (Å²) in [6.07, 6.45) is 3.53. The van der Waals surface area contributed by atoms with Crippen LogP contribution in [0.3, 0.4) is 0 Å². The number of aromatic nitrogens is 1. The van der Waals surface area contributed by atoms with Gasteiger partial charge in [0.2, 0.25) is 0 Å². The van der Waals surface area contributed by atoms with Crippen LogP contribution in [0.15, 0.2) is 48.8 Å². The van der Waals surface area contributed by atoms with E-state index in [1.807, 2.05) is 35.6 Å². The molecule has 142 valence electrons. The summed E-state index contributed by atoms with van der Waals surface area (Å²) in [6.45, 7) is 7.81. The van der Waals surface area contributed by atoms with Crippen LogP contribution in [0.4, 0.5) is 0 Å². The molecule has 0 amide bonds. The second kappa shape index (κ2) is 9.02. The van der Waals surface area contributed by atoms with Gasteiger partial charge in [0.25, 0.3) is 0 Å². The molecular formula is C22H26N2O2S. The molecule has 1 unspecified atom stereocenters. The second-order valence-corrected chi connectivity index (χ2v) is 8.06. The maximum atomic E-state index is 5.91. The highest BCUT2D eigenvalue weighted by Gasteiger charge is 2.12. The Morgan fingerprint density at radius 3 is 2.48 bits per heavy atom. The molecule has 1 atom stereocenters. The first kappa shape index (κ1) is 19.4. The van der Waals surface area contributed by atoms with Crippen LogP contribution in [0.5, 0.6) is 11.5 Å². The monoisotopic (exact) mass is 382 g/mol. The Labute approximate surface area is 165 Å². The van der Waals surface area contributed by atoms with E-state index in [2.05, 4.69) is 43.2 Å². The van der Waals surface area contributed by atoms with Gasteiger partial charge in [-0.25, -0.2) is 0 Å². The third kappa shape index (κ3) is 5.08. The van der Waals surface area contributed by atoms with Gasteiger partial charge in [-0.2, -0.15) is 0 Å². The first-order chi connectivity index (χ1) is 13.1. The highest BCUT2D eigenvalue weighted by atomic mass is 32.1. The molecule has 1 aromatic carbocycles. The van der Waals surface area contributed by atoms with Crippen LogP contribution in [0.2, 0.25) is 0 Å². The number of methoxy groups -OCH3 is 1. The molecule has 0 aliphatic rings. The highest BCUT2D eigenvalue weighted by Crippen LogP contribution is 2.30. The van der Waals surface area contributed by atoms with E-state index in [-0.39, 0.29) is 0 Å². The lowest BCUT2D eigenvalue weighted by molar-refractivity contribution is 0.284. The van der Waals surface area contributed by atoms with Crippen molar-refractivity contribution >= 4 is 11.3 Å². The summed E-state index contributed by atoms with van der Waals surface area (Å²) in [4.78, 5) is 6.76. The fourth-order valence-electron chi connectivity index (χ4n) is 3.04. The third-order valence-electron chi connectivity index (χ3n) is 4.53. The summed E-state index contributed by atoms with van der Waals surface area (Å²) in [6, 6.07) is 12.6. The molecule has 0 aliphatic carbocycles. The highest BCUT2D eigenvalue weighted by molar-refractivity contribution is 7.12. The first-order valence-corrected chi connectivity index (χ1v) is 9.87. The molecule has 0 bridgehead atoms. The van der Waals surface area contributed by atoms with Crippen LogP contribution in [-0.2, 0) is 13.2 Å². The Morgan fingerprint density at radius 2 is 1.81 bits per heavy atom. The summed E-state index contributed by atoms with van der Waals surface area (Å²) in [7, 11) is 1.67. The van der Waals surface area contributed by atoms with E-state index >= 15 is 0 Å². The van der Waals surface area contributed by atoms with Gasteiger partial charge in [-0.15, -0.1) is 11.3 Å². The van der Waals surface area contributed by atoms with Gasteiger partial charge in [-0.05, 0) is 67.8 Å². The van der Waals surface area contributed by atoms with Gasteiger partial charge in [-0.3, -0.25) is 4.98 Å². The molecule has 0 spiro atoms. The molecule has 5 heteroatoms. The Bertz CT molecular complexity index is 877. The average molecular weight is 383 g/mol. The van der Waals surface area contributed by atoms with Gasteiger partial charge >= 0.3 is 0 Å². The van der Waals surface area contributed by atoms with E-state index in [4.69, 9.17) is 9.47 Å². The minimum Gasteiger partial charge on any atom is -0.493 e. The van der Waals surface area contributed by atoms with Crippen molar-refractivity contribution in [1.82, 2.24) is 10.3 Å². The zero-order chi connectivity index (χ0) is 19.2. The number of thiophene rings is 1. The molecule has 0 radical (unpaired) electrons. The maximum absolute atomic E-state index is 5.91. The molecule has 0 saturated heterocycles. The average Bonchev–Trinajstić information content (AvgIpc) is 3.03. The van der Waals surface area contributed by atoms with E-state index < -0.39 is 0 Å². The van der Waals surface area contributed by atoms with E-state index in [1.165, 1.54) is 20.9 Å². The number of ether oxygens (including phenoxy) is 2. The van der Waals surface area contributed by atoms with Crippen LogP contribution in [-0.4, -0.2) is 12.1 Å². The number of hydrogen-bond acceptors (Lipinski definition) is 5. The number of hydrogen-bond donors (Lipinski definition) is 1. The lowest BCUT2D eigenvalue weighted by atomic mass is 10.1. The predicted octanol–water partition coefficient (Wildman–Crippen LogP) is 5.20. The lowest BCUT2D eigenvalue weighted by Gasteiger charge is -2.16. The van der Waals surface area contributed by atoms with E-state index in [9.17, 15) is 0 Å². The third-order valence-corrected chi connectivity index (χ3v) is 5.51. The van der Waals surface area contributed by atoms with Crippen molar-refractivity contribution in [3.63, 3.8) is 0 Å². The topological polar surface area (TPSA) is 43.4 Å². The van der Waals surface area contributed by atoms with Gasteiger partial charge in [0.05, 0.1) is 7.11 Å². The number of nitrogens with one attached hydrogen (secondary N) is 1. The minimum absolute atomic E-state index is 0.309. The summed E-state index contributed by atoms with van der Waals surface area (Å²) < 4.78 is 11.4. The van der Waals surface area contributed by atoms with Gasteiger partial charge in [0.15, 0.2) is 11.5 Å². The van der Waals surface area contributed by atoms with Crippen molar-refractivity contribution in [2.45, 2.75) is 40.0 Å². The predicted molar refractivity (Wildman–Crippen MR) is 111 cm³/mol. The van der Waals surface area contributed by atoms with Crippen molar-refractivity contribution in [2.75, 3.05) is 7.11 Å². The number of benzene rings is 1. The molecule has 0 saturated carbocycles. The van der Waals surface area contributed by atoms with Crippen molar-refractivity contribution < 1.29 is 9.47 Å². The van der Waals surface area contributed by atoms with Crippen LogP contribution in [0.1, 0.15) is 39.4 Å². The van der Waals surface area contributed by atoms with Crippen LogP contribution < -0.4 is 14.8 Å². The molecular weight excluding hydrogens is 356 g/mol. The standard InChI is InChI=1S/C22H26N2O2S/c1-15-11-20(17(3)27-15)16(2)24-13-19-5-6-21(22(12-19)25-4)26-14-18-7-9-23-10-8-18/h5-12,16,24H,13-14H2,1-4H3. The van der Waals surface area contributed by atoms with Gasteiger partial charge in [-0.1, -0.05) is 6.07 Å². The quantitative estimate of drug-likeness (QED) is 0.582. The fraction of sp³-hybridized carbons (Fsp3) is 0.318.